The highest BCUT2D eigenvalue weighted by Crippen LogP contribution is 2.34. The zero-order valence-corrected chi connectivity index (χ0v) is 16.9. The summed E-state index contributed by atoms with van der Waals surface area (Å²) in [5.74, 6) is 0.379. The van der Waals surface area contributed by atoms with Crippen molar-refractivity contribution in [1.29, 1.82) is 0 Å². The van der Waals surface area contributed by atoms with E-state index in [0.717, 1.165) is 23.1 Å². The van der Waals surface area contributed by atoms with Crippen molar-refractivity contribution in [2.75, 3.05) is 19.0 Å². The second kappa shape index (κ2) is 8.69. The van der Waals surface area contributed by atoms with Crippen LogP contribution >= 0.6 is 11.8 Å². The van der Waals surface area contributed by atoms with Gasteiger partial charge in [-0.25, -0.2) is 4.98 Å². The Kier molecular flexibility index (Phi) is 6.07. The summed E-state index contributed by atoms with van der Waals surface area (Å²) >= 11 is 1.12. The summed E-state index contributed by atoms with van der Waals surface area (Å²) in [4.78, 5) is 30.0. The summed E-state index contributed by atoms with van der Waals surface area (Å²) in [5, 5.41) is 22.5. The number of nitro benzene ring substituents is 1. The van der Waals surface area contributed by atoms with Gasteiger partial charge in [-0.05, 0) is 41.6 Å². The fourth-order valence-electron chi connectivity index (χ4n) is 2.45. The number of anilines is 1. The third-order valence-electron chi connectivity index (χ3n) is 4.01. The third-order valence-corrected chi connectivity index (χ3v) is 5.13. The van der Waals surface area contributed by atoms with Crippen molar-refractivity contribution in [3.8, 4) is 0 Å². The average molecular weight is 413 g/mol. The molecule has 0 radical (unpaired) electrons. The van der Waals surface area contributed by atoms with Crippen molar-refractivity contribution in [3.05, 3.63) is 64.1 Å². The first kappa shape index (κ1) is 20.3. The van der Waals surface area contributed by atoms with E-state index in [1.165, 1.54) is 12.4 Å². The van der Waals surface area contributed by atoms with E-state index in [0.29, 0.717) is 10.1 Å². The number of nitro groups is 1. The lowest BCUT2D eigenvalue weighted by Crippen LogP contribution is -2.23. The Morgan fingerprint density at radius 2 is 2.10 bits per heavy atom. The van der Waals surface area contributed by atoms with Crippen molar-refractivity contribution in [1.82, 2.24) is 25.1 Å². The lowest BCUT2D eigenvalue weighted by atomic mass is 10.2. The van der Waals surface area contributed by atoms with Gasteiger partial charge in [0.15, 0.2) is 5.16 Å². The zero-order valence-electron chi connectivity index (χ0n) is 16.1. The topological polar surface area (TPSA) is 119 Å². The Labute approximate surface area is 171 Å². The molecule has 0 bridgehead atoms. The molecule has 29 heavy (non-hydrogen) atoms. The maximum Gasteiger partial charge on any atom is 0.284 e. The van der Waals surface area contributed by atoms with Gasteiger partial charge in [0, 0.05) is 45.5 Å². The van der Waals surface area contributed by atoms with Gasteiger partial charge in [0.1, 0.15) is 12.1 Å². The number of carbonyl (C=O) groups is 1. The van der Waals surface area contributed by atoms with Gasteiger partial charge < -0.3 is 14.8 Å². The van der Waals surface area contributed by atoms with Crippen molar-refractivity contribution < 1.29 is 9.72 Å². The van der Waals surface area contributed by atoms with Crippen LogP contribution < -0.4 is 10.2 Å². The van der Waals surface area contributed by atoms with Gasteiger partial charge in [-0.1, -0.05) is 0 Å². The SMILES string of the molecule is CN(C)c1cc(CNC(=O)c2ccc(Sc3nncn3C)c([N+](=O)[O-])c2)ccn1. The molecule has 0 saturated heterocycles. The first-order valence-corrected chi connectivity index (χ1v) is 9.37. The van der Waals surface area contributed by atoms with Crippen molar-refractivity contribution >= 4 is 29.2 Å². The van der Waals surface area contributed by atoms with Crippen LogP contribution in [0.2, 0.25) is 0 Å². The van der Waals surface area contributed by atoms with E-state index in [9.17, 15) is 14.9 Å². The van der Waals surface area contributed by atoms with Gasteiger partial charge in [0.2, 0.25) is 0 Å². The summed E-state index contributed by atoms with van der Waals surface area (Å²) in [5.41, 5.74) is 0.923. The smallest absolute Gasteiger partial charge is 0.284 e. The number of nitrogens with one attached hydrogen (secondary N) is 1. The minimum absolute atomic E-state index is 0.163. The van der Waals surface area contributed by atoms with Crippen LogP contribution in [0.25, 0.3) is 0 Å². The standard InChI is InChI=1S/C18H19N7O3S/c1-23(2)16-8-12(6-7-19-16)10-20-17(26)13-4-5-15(14(9-13)25(27)28)29-18-22-21-11-24(18)3/h4-9,11H,10H2,1-3H3,(H,20,26). The molecular formula is C18H19N7O3S. The quantitative estimate of drug-likeness (QED) is 0.463. The predicted molar refractivity (Wildman–Crippen MR) is 108 cm³/mol. The molecule has 3 aromatic rings. The number of rotatable bonds is 7. The van der Waals surface area contributed by atoms with Gasteiger partial charge in [-0.15, -0.1) is 10.2 Å². The molecule has 150 valence electrons. The summed E-state index contributed by atoms with van der Waals surface area (Å²) < 4.78 is 1.66. The zero-order chi connectivity index (χ0) is 21.0. The number of carbonyl (C=O) groups excluding carboxylic acids is 1. The van der Waals surface area contributed by atoms with Crippen LogP contribution in [0, 0.1) is 10.1 Å². The second-order valence-corrected chi connectivity index (χ2v) is 7.37. The normalized spacial score (nSPS) is 10.6. The molecule has 1 N–H and O–H groups in total. The molecule has 0 unspecified atom stereocenters. The van der Waals surface area contributed by atoms with Crippen LogP contribution in [0.5, 0.6) is 0 Å². The van der Waals surface area contributed by atoms with Crippen LogP contribution in [0.3, 0.4) is 0 Å². The number of amides is 1. The fourth-order valence-corrected chi connectivity index (χ4v) is 3.30. The van der Waals surface area contributed by atoms with Gasteiger partial charge in [-0.3, -0.25) is 14.9 Å². The third kappa shape index (κ3) is 4.88. The highest BCUT2D eigenvalue weighted by Gasteiger charge is 2.20. The van der Waals surface area contributed by atoms with E-state index in [1.807, 2.05) is 25.1 Å². The monoisotopic (exact) mass is 413 g/mol. The van der Waals surface area contributed by atoms with Crippen molar-refractivity contribution in [2.45, 2.75) is 16.6 Å². The minimum atomic E-state index is -0.512. The highest BCUT2D eigenvalue weighted by atomic mass is 32.2. The Balaban J connectivity index is 1.75. The van der Waals surface area contributed by atoms with E-state index >= 15 is 0 Å². The molecule has 2 heterocycles. The molecule has 0 aliphatic carbocycles. The molecule has 0 aliphatic rings. The fraction of sp³-hybridized carbons (Fsp3) is 0.222. The summed E-state index contributed by atoms with van der Waals surface area (Å²) in [6.07, 6.45) is 3.18. The summed E-state index contributed by atoms with van der Waals surface area (Å²) in [6.45, 7) is 0.283. The molecule has 2 aromatic heterocycles. The average Bonchev–Trinajstić information content (AvgIpc) is 3.11. The Morgan fingerprint density at radius 1 is 1.31 bits per heavy atom. The van der Waals surface area contributed by atoms with Crippen LogP contribution in [-0.2, 0) is 13.6 Å². The highest BCUT2D eigenvalue weighted by molar-refractivity contribution is 7.99. The number of nitrogens with zero attached hydrogens (tertiary/aromatic N) is 6. The number of benzene rings is 1. The predicted octanol–water partition coefficient (Wildman–Crippen LogP) is 2.27. The van der Waals surface area contributed by atoms with Gasteiger partial charge in [0.05, 0.1) is 9.82 Å². The Hall–Kier alpha value is -3.47. The molecule has 3 rings (SSSR count). The number of hydrogen-bond donors (Lipinski definition) is 1. The minimum Gasteiger partial charge on any atom is -0.363 e. The van der Waals surface area contributed by atoms with Crippen molar-refractivity contribution in [2.24, 2.45) is 7.05 Å². The maximum atomic E-state index is 12.5. The molecule has 10 nitrogen and oxygen atoms in total. The van der Waals surface area contributed by atoms with E-state index in [2.05, 4.69) is 20.5 Å². The van der Waals surface area contributed by atoms with E-state index in [-0.39, 0.29) is 17.8 Å². The molecule has 1 amide bonds. The molecule has 0 atom stereocenters. The van der Waals surface area contributed by atoms with Crippen LogP contribution in [0.1, 0.15) is 15.9 Å². The second-order valence-electron chi connectivity index (χ2n) is 6.37. The Morgan fingerprint density at radius 3 is 2.76 bits per heavy atom. The number of aryl methyl sites for hydroxylation is 1. The molecule has 1 aromatic carbocycles. The van der Waals surface area contributed by atoms with E-state index in [1.54, 1.807) is 36.0 Å². The molecule has 0 aliphatic heterocycles. The molecule has 0 spiro atoms. The Bertz CT molecular complexity index is 1050. The first-order valence-electron chi connectivity index (χ1n) is 8.56. The van der Waals surface area contributed by atoms with Gasteiger partial charge in [-0.2, -0.15) is 0 Å². The molecular weight excluding hydrogens is 394 g/mol. The van der Waals surface area contributed by atoms with Gasteiger partial charge >= 0.3 is 0 Å². The molecule has 11 heteroatoms. The number of pyridine rings is 1. The van der Waals surface area contributed by atoms with Crippen LogP contribution in [0.15, 0.2) is 52.9 Å². The van der Waals surface area contributed by atoms with Crippen LogP contribution in [-0.4, -0.2) is 44.7 Å². The lowest BCUT2D eigenvalue weighted by Gasteiger charge is -2.12. The van der Waals surface area contributed by atoms with Crippen molar-refractivity contribution in [3.63, 3.8) is 0 Å². The molecule has 0 saturated carbocycles. The summed E-state index contributed by atoms with van der Waals surface area (Å²) in [6, 6.07) is 8.04. The maximum absolute atomic E-state index is 12.5. The van der Waals surface area contributed by atoms with E-state index in [4.69, 9.17) is 0 Å². The lowest BCUT2D eigenvalue weighted by molar-refractivity contribution is -0.387. The number of aromatic nitrogens is 4. The molecule has 0 fully saturated rings. The van der Waals surface area contributed by atoms with Crippen LogP contribution in [0.4, 0.5) is 11.5 Å². The van der Waals surface area contributed by atoms with Gasteiger partial charge in [0.25, 0.3) is 11.6 Å². The summed E-state index contributed by atoms with van der Waals surface area (Å²) in [7, 11) is 5.51. The van der Waals surface area contributed by atoms with E-state index < -0.39 is 10.8 Å². The largest absolute Gasteiger partial charge is 0.363 e. The first-order chi connectivity index (χ1) is 13.8. The number of hydrogen-bond acceptors (Lipinski definition) is 8.